The van der Waals surface area contributed by atoms with Crippen molar-refractivity contribution in [1.82, 2.24) is 10.4 Å². The summed E-state index contributed by atoms with van der Waals surface area (Å²) in [5, 5.41) is 10.2. The Kier molecular flexibility index (Phi) is 8.25. The van der Waals surface area contributed by atoms with Crippen molar-refractivity contribution in [3.8, 4) is 22.8 Å². The number of carbonyl (C=O) groups is 1. The van der Waals surface area contributed by atoms with Gasteiger partial charge in [-0.25, -0.2) is 10.4 Å². The van der Waals surface area contributed by atoms with Crippen LogP contribution in [-0.4, -0.2) is 24.2 Å². The molecule has 0 aliphatic rings. The number of ether oxygens (including phenoxy) is 2. The molecular formula is C31H26N4O3S. The zero-order valence-electron chi connectivity index (χ0n) is 21.2. The minimum atomic E-state index is -0.308. The second-order valence-corrected chi connectivity index (χ2v) is 9.35. The molecule has 0 radical (unpaired) electrons. The number of carbonyl (C=O) groups excluding carboxylic acids is 1. The molecule has 194 valence electrons. The number of rotatable bonds is 10. The molecule has 1 aromatic heterocycles. The summed E-state index contributed by atoms with van der Waals surface area (Å²) < 4.78 is 11.4. The number of hydrogen-bond donors (Lipinski definition) is 2. The summed E-state index contributed by atoms with van der Waals surface area (Å²) in [5.74, 6) is 0.906. The second-order valence-electron chi connectivity index (χ2n) is 8.49. The Labute approximate surface area is 230 Å². The Morgan fingerprint density at radius 3 is 2.41 bits per heavy atom. The fourth-order valence-electron chi connectivity index (χ4n) is 3.75. The van der Waals surface area contributed by atoms with Crippen LogP contribution >= 0.6 is 11.3 Å². The van der Waals surface area contributed by atoms with Crippen LogP contribution in [-0.2, 0) is 6.61 Å². The maximum Gasteiger partial charge on any atom is 0.271 e. The van der Waals surface area contributed by atoms with E-state index in [2.05, 4.69) is 20.8 Å². The minimum absolute atomic E-state index is 0.308. The van der Waals surface area contributed by atoms with Crippen molar-refractivity contribution in [3.63, 3.8) is 0 Å². The Morgan fingerprint density at radius 1 is 0.923 bits per heavy atom. The first-order valence-electron chi connectivity index (χ1n) is 12.2. The second kappa shape index (κ2) is 12.5. The average Bonchev–Trinajstić information content (AvgIpc) is 3.46. The fraction of sp³-hybridized carbons (Fsp3) is 0.0645. The van der Waals surface area contributed by atoms with Crippen LogP contribution in [0.4, 0.5) is 10.8 Å². The van der Waals surface area contributed by atoms with Gasteiger partial charge in [0.15, 0.2) is 16.6 Å². The first-order valence-corrected chi connectivity index (χ1v) is 13.1. The van der Waals surface area contributed by atoms with Crippen LogP contribution in [0.15, 0.2) is 114 Å². The molecule has 0 fully saturated rings. The standard InChI is InChI=1S/C31H26N4O3S/c1-37-29-18-23(12-17-28(29)38-20-22-8-4-2-5-9-22)19-32-35-30(36)25-15-13-24(14-16-25)27-21-39-31(34-27)33-26-10-6-3-7-11-26/h2-19,21H,20H2,1H3,(H,33,34)(H,35,36)/b32-19-. The molecular weight excluding hydrogens is 508 g/mol. The van der Waals surface area contributed by atoms with Crippen LogP contribution in [0, 0.1) is 0 Å². The molecule has 2 N–H and O–H groups in total. The van der Waals surface area contributed by atoms with Crippen molar-refractivity contribution in [1.29, 1.82) is 0 Å². The van der Waals surface area contributed by atoms with Gasteiger partial charge in [0.25, 0.3) is 5.91 Å². The molecule has 0 unspecified atom stereocenters. The molecule has 0 spiro atoms. The number of hydrazone groups is 1. The lowest BCUT2D eigenvalue weighted by molar-refractivity contribution is 0.0955. The Morgan fingerprint density at radius 2 is 1.67 bits per heavy atom. The number of aromatic nitrogens is 1. The van der Waals surface area contributed by atoms with Gasteiger partial charge in [-0.05, 0) is 53.6 Å². The highest BCUT2D eigenvalue weighted by atomic mass is 32.1. The summed E-state index contributed by atoms with van der Waals surface area (Å²) in [6.45, 7) is 0.438. The molecule has 1 amide bonds. The van der Waals surface area contributed by atoms with Gasteiger partial charge in [-0.1, -0.05) is 60.7 Å². The predicted octanol–water partition coefficient (Wildman–Crippen LogP) is 6.91. The summed E-state index contributed by atoms with van der Waals surface area (Å²) in [6, 6.07) is 32.6. The number of nitrogens with zero attached hydrogens (tertiary/aromatic N) is 2. The van der Waals surface area contributed by atoms with Crippen LogP contribution < -0.4 is 20.2 Å². The van der Waals surface area contributed by atoms with Crippen LogP contribution in [0.1, 0.15) is 21.5 Å². The molecule has 0 saturated heterocycles. The fourth-order valence-corrected chi connectivity index (χ4v) is 4.49. The first-order chi connectivity index (χ1) is 19.2. The first kappa shape index (κ1) is 25.7. The van der Waals surface area contributed by atoms with Gasteiger partial charge in [-0.15, -0.1) is 11.3 Å². The van der Waals surface area contributed by atoms with Crippen molar-refractivity contribution in [2.24, 2.45) is 5.10 Å². The molecule has 8 heteroatoms. The number of amides is 1. The smallest absolute Gasteiger partial charge is 0.271 e. The van der Waals surface area contributed by atoms with Crippen LogP contribution in [0.2, 0.25) is 0 Å². The molecule has 1 heterocycles. The lowest BCUT2D eigenvalue weighted by atomic mass is 10.1. The minimum Gasteiger partial charge on any atom is -0.493 e. The zero-order chi connectivity index (χ0) is 26.9. The SMILES string of the molecule is COc1cc(/C=N\NC(=O)c2ccc(-c3csc(Nc4ccccc4)n3)cc2)ccc1OCc1ccccc1. The number of methoxy groups -OCH3 is 1. The van der Waals surface area contributed by atoms with Crippen LogP contribution in [0.5, 0.6) is 11.5 Å². The van der Waals surface area contributed by atoms with Gasteiger partial charge >= 0.3 is 0 Å². The van der Waals surface area contributed by atoms with Gasteiger partial charge in [-0.3, -0.25) is 4.79 Å². The molecule has 0 aliphatic heterocycles. The van der Waals surface area contributed by atoms with Crippen molar-refractivity contribution in [3.05, 3.63) is 125 Å². The van der Waals surface area contributed by atoms with E-state index in [0.717, 1.165) is 33.2 Å². The van der Waals surface area contributed by atoms with E-state index in [1.54, 1.807) is 31.5 Å². The van der Waals surface area contributed by atoms with Gasteiger partial charge < -0.3 is 14.8 Å². The molecule has 7 nitrogen and oxygen atoms in total. The van der Waals surface area contributed by atoms with Gasteiger partial charge in [0.2, 0.25) is 0 Å². The van der Waals surface area contributed by atoms with Crippen molar-refractivity contribution < 1.29 is 14.3 Å². The van der Waals surface area contributed by atoms with E-state index in [-0.39, 0.29) is 5.91 Å². The topological polar surface area (TPSA) is 84.8 Å². The number of anilines is 2. The monoisotopic (exact) mass is 534 g/mol. The molecule has 39 heavy (non-hydrogen) atoms. The van der Waals surface area contributed by atoms with Crippen molar-refractivity contribution in [2.45, 2.75) is 6.61 Å². The molecule has 0 saturated carbocycles. The summed E-state index contributed by atoms with van der Waals surface area (Å²) in [6.07, 6.45) is 1.56. The lowest BCUT2D eigenvalue weighted by Crippen LogP contribution is -2.17. The highest BCUT2D eigenvalue weighted by molar-refractivity contribution is 7.14. The quantitative estimate of drug-likeness (QED) is 0.150. The average molecular weight is 535 g/mol. The number of thiazole rings is 1. The number of nitrogens with one attached hydrogen (secondary N) is 2. The van der Waals surface area contributed by atoms with Crippen LogP contribution in [0.3, 0.4) is 0 Å². The van der Waals surface area contributed by atoms with E-state index in [4.69, 9.17) is 9.47 Å². The van der Waals surface area contributed by atoms with Gasteiger partial charge in [0.1, 0.15) is 6.61 Å². The summed E-state index contributed by atoms with van der Waals surface area (Å²) in [5.41, 5.74) is 7.65. The summed E-state index contributed by atoms with van der Waals surface area (Å²) >= 11 is 1.53. The Hall–Kier alpha value is -4.95. The molecule has 5 aromatic rings. The van der Waals surface area contributed by atoms with E-state index in [1.807, 2.05) is 90.3 Å². The zero-order valence-corrected chi connectivity index (χ0v) is 22.0. The third kappa shape index (κ3) is 6.88. The molecule has 0 bridgehead atoms. The van der Waals surface area contributed by atoms with E-state index < -0.39 is 0 Å². The number of para-hydroxylation sites is 1. The Bertz CT molecular complexity index is 1550. The van der Waals surface area contributed by atoms with Gasteiger partial charge in [0, 0.05) is 22.2 Å². The molecule has 5 rings (SSSR count). The van der Waals surface area contributed by atoms with E-state index >= 15 is 0 Å². The van der Waals surface area contributed by atoms with Crippen molar-refractivity contribution >= 4 is 34.3 Å². The number of benzene rings is 4. The highest BCUT2D eigenvalue weighted by Gasteiger charge is 2.09. The largest absolute Gasteiger partial charge is 0.493 e. The molecule has 0 aliphatic carbocycles. The van der Waals surface area contributed by atoms with Crippen molar-refractivity contribution in [2.75, 3.05) is 12.4 Å². The maximum absolute atomic E-state index is 12.6. The summed E-state index contributed by atoms with van der Waals surface area (Å²) in [4.78, 5) is 17.2. The van der Waals surface area contributed by atoms with Crippen LogP contribution in [0.25, 0.3) is 11.3 Å². The summed E-state index contributed by atoms with van der Waals surface area (Å²) in [7, 11) is 1.59. The number of hydrogen-bond acceptors (Lipinski definition) is 7. The van der Waals surface area contributed by atoms with E-state index in [9.17, 15) is 4.79 Å². The molecule has 4 aromatic carbocycles. The van der Waals surface area contributed by atoms with Gasteiger partial charge in [0.05, 0.1) is 19.0 Å². The molecule has 0 atom stereocenters. The van der Waals surface area contributed by atoms with E-state index in [0.29, 0.717) is 23.7 Å². The highest BCUT2D eigenvalue weighted by Crippen LogP contribution is 2.29. The lowest BCUT2D eigenvalue weighted by Gasteiger charge is -2.11. The maximum atomic E-state index is 12.6. The van der Waals surface area contributed by atoms with Gasteiger partial charge in [-0.2, -0.15) is 5.10 Å². The van der Waals surface area contributed by atoms with E-state index in [1.165, 1.54) is 11.3 Å². The Balaban J connectivity index is 1.16. The third-order valence-corrected chi connectivity index (χ3v) is 6.53. The predicted molar refractivity (Wildman–Crippen MR) is 156 cm³/mol. The third-order valence-electron chi connectivity index (χ3n) is 5.78. The normalized spacial score (nSPS) is 10.8.